The average molecular weight is 271 g/mol. The second-order valence-electron chi connectivity index (χ2n) is 6.22. The topological polar surface area (TPSA) is 30.3 Å². The van der Waals surface area contributed by atoms with Gasteiger partial charge in [0.15, 0.2) is 0 Å². The van der Waals surface area contributed by atoms with Crippen molar-refractivity contribution in [3.8, 4) is 6.07 Å². The van der Waals surface area contributed by atoms with Crippen molar-refractivity contribution in [3.63, 3.8) is 0 Å². The first-order valence-electron chi connectivity index (χ1n) is 7.53. The summed E-state index contributed by atoms with van der Waals surface area (Å²) in [7, 11) is 0. The molecule has 1 aliphatic heterocycles. The molecular formula is C17H25N3. The number of hydrogen-bond acceptors (Lipinski definition) is 3. The molecule has 2 rings (SSSR count). The quantitative estimate of drug-likeness (QED) is 0.843. The molecule has 108 valence electrons. The van der Waals surface area contributed by atoms with Gasteiger partial charge in [0.1, 0.15) is 0 Å². The highest BCUT2D eigenvalue weighted by Crippen LogP contribution is 2.15. The molecule has 0 bridgehead atoms. The highest BCUT2D eigenvalue weighted by molar-refractivity contribution is 5.37. The van der Waals surface area contributed by atoms with Crippen LogP contribution in [0.25, 0.3) is 0 Å². The number of nitrogens with zero attached hydrogens (tertiary/aromatic N) is 3. The summed E-state index contributed by atoms with van der Waals surface area (Å²) < 4.78 is 0. The van der Waals surface area contributed by atoms with Crippen molar-refractivity contribution in [1.29, 1.82) is 5.26 Å². The fourth-order valence-corrected chi connectivity index (χ4v) is 2.83. The van der Waals surface area contributed by atoms with Crippen LogP contribution in [0.4, 0.5) is 0 Å². The Balaban J connectivity index is 1.88. The zero-order valence-electron chi connectivity index (χ0n) is 12.9. The maximum absolute atomic E-state index is 8.91. The van der Waals surface area contributed by atoms with Gasteiger partial charge < -0.3 is 4.90 Å². The number of nitriles is 1. The maximum Gasteiger partial charge on any atom is 0.0991 e. The Morgan fingerprint density at radius 2 is 1.80 bits per heavy atom. The van der Waals surface area contributed by atoms with Crippen LogP contribution in [0.15, 0.2) is 18.2 Å². The highest BCUT2D eigenvalue weighted by atomic mass is 15.3. The lowest BCUT2D eigenvalue weighted by atomic mass is 10.0. The maximum atomic E-state index is 8.91. The van der Waals surface area contributed by atoms with E-state index in [9.17, 15) is 0 Å². The van der Waals surface area contributed by atoms with Gasteiger partial charge in [0.2, 0.25) is 0 Å². The summed E-state index contributed by atoms with van der Waals surface area (Å²) >= 11 is 0. The number of benzene rings is 1. The van der Waals surface area contributed by atoms with E-state index >= 15 is 0 Å². The van der Waals surface area contributed by atoms with Gasteiger partial charge in [-0.2, -0.15) is 5.26 Å². The van der Waals surface area contributed by atoms with Crippen LogP contribution >= 0.6 is 0 Å². The first kappa shape index (κ1) is 15.0. The summed E-state index contributed by atoms with van der Waals surface area (Å²) in [4.78, 5) is 5.08. The van der Waals surface area contributed by atoms with Crippen molar-refractivity contribution in [1.82, 2.24) is 9.80 Å². The molecule has 3 nitrogen and oxygen atoms in total. The normalized spacial score (nSPS) is 17.4. The Morgan fingerprint density at radius 1 is 1.15 bits per heavy atom. The Bertz CT molecular complexity index is 479. The lowest BCUT2D eigenvalue weighted by molar-refractivity contribution is 0.117. The van der Waals surface area contributed by atoms with Gasteiger partial charge in [-0.3, -0.25) is 4.90 Å². The van der Waals surface area contributed by atoms with Gasteiger partial charge in [-0.05, 0) is 36.1 Å². The molecule has 1 fully saturated rings. The Labute approximate surface area is 122 Å². The molecule has 0 saturated carbocycles. The van der Waals surface area contributed by atoms with Gasteiger partial charge in [-0.1, -0.05) is 19.9 Å². The number of piperazine rings is 1. The van der Waals surface area contributed by atoms with Gasteiger partial charge in [0.25, 0.3) is 0 Å². The van der Waals surface area contributed by atoms with Gasteiger partial charge in [-0.15, -0.1) is 0 Å². The van der Waals surface area contributed by atoms with E-state index in [1.165, 1.54) is 30.8 Å². The van der Waals surface area contributed by atoms with Crippen molar-refractivity contribution >= 4 is 0 Å². The minimum atomic E-state index is 0.752. The molecule has 20 heavy (non-hydrogen) atoms. The Hall–Kier alpha value is -1.37. The van der Waals surface area contributed by atoms with E-state index in [0.717, 1.165) is 31.1 Å². The first-order chi connectivity index (χ1) is 9.58. The molecule has 1 heterocycles. The van der Waals surface area contributed by atoms with Crippen molar-refractivity contribution in [2.45, 2.75) is 27.3 Å². The zero-order valence-corrected chi connectivity index (χ0v) is 12.9. The number of rotatable bonds is 4. The summed E-state index contributed by atoms with van der Waals surface area (Å²) in [6.07, 6.45) is 0. The molecule has 3 heteroatoms. The molecule has 0 N–H and O–H groups in total. The van der Waals surface area contributed by atoms with E-state index in [-0.39, 0.29) is 0 Å². The fraction of sp³-hybridized carbons (Fsp3) is 0.588. The van der Waals surface area contributed by atoms with Crippen molar-refractivity contribution in [3.05, 3.63) is 34.9 Å². The summed E-state index contributed by atoms with van der Waals surface area (Å²) in [5, 5.41) is 8.91. The van der Waals surface area contributed by atoms with Crippen molar-refractivity contribution in [2.24, 2.45) is 5.92 Å². The largest absolute Gasteiger partial charge is 0.301 e. The molecule has 0 aliphatic carbocycles. The highest BCUT2D eigenvalue weighted by Gasteiger charge is 2.17. The van der Waals surface area contributed by atoms with Crippen LogP contribution < -0.4 is 0 Å². The molecule has 0 radical (unpaired) electrons. The van der Waals surface area contributed by atoms with Crippen LogP contribution in [-0.4, -0.2) is 42.5 Å². The van der Waals surface area contributed by atoms with Crippen LogP contribution in [0.2, 0.25) is 0 Å². The molecule has 1 aliphatic rings. The minimum absolute atomic E-state index is 0.752. The second-order valence-corrected chi connectivity index (χ2v) is 6.22. The van der Waals surface area contributed by atoms with E-state index in [4.69, 9.17) is 5.26 Å². The predicted molar refractivity (Wildman–Crippen MR) is 82.4 cm³/mol. The molecule has 0 unspecified atom stereocenters. The van der Waals surface area contributed by atoms with Gasteiger partial charge in [-0.25, -0.2) is 0 Å². The van der Waals surface area contributed by atoms with Crippen LogP contribution in [0.1, 0.15) is 30.5 Å². The summed E-state index contributed by atoms with van der Waals surface area (Å²) in [6, 6.07) is 8.23. The van der Waals surface area contributed by atoms with Gasteiger partial charge in [0.05, 0.1) is 11.6 Å². The molecular weight excluding hydrogens is 246 g/mol. The number of hydrogen-bond donors (Lipinski definition) is 0. The third kappa shape index (κ3) is 4.06. The van der Waals surface area contributed by atoms with Crippen molar-refractivity contribution < 1.29 is 0 Å². The third-order valence-electron chi connectivity index (χ3n) is 3.95. The minimum Gasteiger partial charge on any atom is -0.301 e. The Kier molecular flexibility index (Phi) is 5.17. The zero-order chi connectivity index (χ0) is 14.5. The average Bonchev–Trinajstić information content (AvgIpc) is 2.42. The van der Waals surface area contributed by atoms with Gasteiger partial charge >= 0.3 is 0 Å². The van der Waals surface area contributed by atoms with Gasteiger partial charge in [0, 0.05) is 39.3 Å². The number of aryl methyl sites for hydroxylation is 1. The predicted octanol–water partition coefficient (Wildman–Crippen LogP) is 2.64. The van der Waals surface area contributed by atoms with Crippen LogP contribution in [0, 0.1) is 24.2 Å². The monoisotopic (exact) mass is 271 g/mol. The molecule has 0 atom stereocenters. The molecule has 1 aromatic rings. The molecule has 0 amide bonds. The van der Waals surface area contributed by atoms with Crippen LogP contribution in [0.3, 0.4) is 0 Å². The van der Waals surface area contributed by atoms with Crippen LogP contribution in [-0.2, 0) is 6.54 Å². The second kappa shape index (κ2) is 6.88. The molecule has 1 aromatic carbocycles. The van der Waals surface area contributed by atoms with E-state index in [0.29, 0.717) is 0 Å². The summed E-state index contributed by atoms with van der Waals surface area (Å²) in [5.74, 6) is 0.752. The molecule has 0 aromatic heterocycles. The molecule has 1 saturated heterocycles. The lowest BCUT2D eigenvalue weighted by Gasteiger charge is -2.35. The summed E-state index contributed by atoms with van der Waals surface area (Å²) in [6.45, 7) is 13.5. The van der Waals surface area contributed by atoms with E-state index in [1.54, 1.807) is 0 Å². The Morgan fingerprint density at radius 3 is 2.35 bits per heavy atom. The third-order valence-corrected chi connectivity index (χ3v) is 3.95. The van der Waals surface area contributed by atoms with E-state index in [2.05, 4.69) is 42.7 Å². The molecule has 0 spiro atoms. The van der Waals surface area contributed by atoms with E-state index < -0.39 is 0 Å². The fourth-order valence-electron chi connectivity index (χ4n) is 2.83. The summed E-state index contributed by atoms with van der Waals surface area (Å²) in [5.41, 5.74) is 3.34. The van der Waals surface area contributed by atoms with Crippen molar-refractivity contribution in [2.75, 3.05) is 32.7 Å². The smallest absolute Gasteiger partial charge is 0.0991 e. The van der Waals surface area contributed by atoms with Crippen LogP contribution in [0.5, 0.6) is 0 Å². The first-order valence-corrected chi connectivity index (χ1v) is 7.53. The lowest BCUT2D eigenvalue weighted by Crippen LogP contribution is -2.46. The van der Waals surface area contributed by atoms with E-state index in [1.807, 2.05) is 12.1 Å². The SMILES string of the molecule is Cc1cc(C#N)ccc1CN1CCN(CC(C)C)CC1. The standard InChI is InChI=1S/C17H25N3/c1-14(2)12-19-6-8-20(9-7-19)13-17-5-4-16(11-18)10-15(17)3/h4-5,10,14H,6-9,12-13H2,1-3H3.